The quantitative estimate of drug-likeness (QED) is 0.250. The first-order chi connectivity index (χ1) is 22.5. The fourth-order valence-electron chi connectivity index (χ4n) is 7.57. The number of nitrogens with zero attached hydrogens (tertiary/aromatic N) is 3. The molecule has 2 aliphatic heterocycles. The van der Waals surface area contributed by atoms with Crippen LogP contribution in [0.4, 0.5) is 0 Å². The fraction of sp³-hybridized carbons (Fsp3) is 0.647. The maximum atomic E-state index is 13.8. The van der Waals surface area contributed by atoms with Crippen molar-refractivity contribution in [3.05, 3.63) is 34.2 Å². The number of carbonyl (C=O) groups excluding carboxylic acids is 5. The van der Waals surface area contributed by atoms with E-state index < -0.39 is 35.8 Å². The van der Waals surface area contributed by atoms with Crippen LogP contribution in [0, 0.1) is 11.8 Å². The third-order valence-electron chi connectivity index (χ3n) is 10.4. The van der Waals surface area contributed by atoms with E-state index in [9.17, 15) is 28.8 Å². The summed E-state index contributed by atoms with van der Waals surface area (Å²) in [6.45, 7) is 1.30. The fourth-order valence-corrected chi connectivity index (χ4v) is 7.57. The van der Waals surface area contributed by atoms with Crippen LogP contribution in [0.3, 0.4) is 0 Å². The summed E-state index contributed by atoms with van der Waals surface area (Å²) >= 11 is 0. The van der Waals surface area contributed by atoms with E-state index in [1.54, 1.807) is 11.6 Å². The van der Waals surface area contributed by atoms with Crippen LogP contribution in [0.5, 0.6) is 0 Å². The second-order valence-corrected chi connectivity index (χ2v) is 13.7. The Morgan fingerprint density at radius 2 is 1.72 bits per heavy atom. The van der Waals surface area contributed by atoms with Crippen LogP contribution in [0.2, 0.25) is 0 Å². The minimum absolute atomic E-state index is 0.0243. The van der Waals surface area contributed by atoms with Crippen molar-refractivity contribution in [2.24, 2.45) is 30.4 Å². The molecule has 47 heavy (non-hydrogen) atoms. The van der Waals surface area contributed by atoms with Gasteiger partial charge in [-0.1, -0.05) is 25.3 Å². The second kappa shape index (κ2) is 15.3. The van der Waals surface area contributed by atoms with Gasteiger partial charge in [0.05, 0.1) is 17.1 Å². The Kier molecular flexibility index (Phi) is 11.2. The number of benzene rings is 1. The first kappa shape index (κ1) is 34.3. The highest BCUT2D eigenvalue weighted by atomic mass is 16.2. The molecule has 13 nitrogen and oxygen atoms in total. The van der Waals surface area contributed by atoms with Gasteiger partial charge in [0.15, 0.2) is 0 Å². The van der Waals surface area contributed by atoms with Gasteiger partial charge in [-0.15, -0.1) is 0 Å². The molecular weight excluding hydrogens is 602 g/mol. The molecule has 6 N–H and O–H groups in total. The van der Waals surface area contributed by atoms with Crippen molar-refractivity contribution in [3.8, 4) is 0 Å². The van der Waals surface area contributed by atoms with E-state index in [4.69, 9.17) is 11.5 Å². The molecule has 13 heteroatoms. The van der Waals surface area contributed by atoms with Gasteiger partial charge in [-0.2, -0.15) is 0 Å². The number of imidazole rings is 1. The zero-order valence-corrected chi connectivity index (χ0v) is 27.4. The molecule has 5 amide bonds. The first-order valence-corrected chi connectivity index (χ1v) is 17.2. The molecular formula is C34H49N7O6. The molecule has 3 heterocycles. The third kappa shape index (κ3) is 8.11. The summed E-state index contributed by atoms with van der Waals surface area (Å²) in [7, 11) is 1.70. The number of nitrogens with one attached hydrogen (secondary N) is 2. The average molecular weight is 652 g/mol. The highest BCUT2D eigenvalue weighted by molar-refractivity contribution is 6.00. The Bertz CT molecular complexity index is 1550. The first-order valence-electron chi connectivity index (χ1n) is 17.2. The Labute approximate surface area is 274 Å². The summed E-state index contributed by atoms with van der Waals surface area (Å²) in [6, 6.07) is 3.72. The lowest BCUT2D eigenvalue weighted by Gasteiger charge is -2.38. The van der Waals surface area contributed by atoms with Crippen molar-refractivity contribution in [2.75, 3.05) is 13.1 Å². The number of aryl methyl sites for hydroxylation is 2. The largest absolute Gasteiger partial charge is 0.370 e. The molecule has 256 valence electrons. The number of aromatic nitrogens is 2. The number of hydrogen-bond acceptors (Lipinski definition) is 7. The van der Waals surface area contributed by atoms with E-state index in [0.717, 1.165) is 75.3 Å². The lowest BCUT2D eigenvalue weighted by molar-refractivity contribution is -0.140. The molecule has 5 rings (SSSR count). The highest BCUT2D eigenvalue weighted by Crippen LogP contribution is 2.30. The highest BCUT2D eigenvalue weighted by Gasteiger charge is 2.36. The molecule has 3 aliphatic rings. The van der Waals surface area contributed by atoms with Crippen LogP contribution in [-0.4, -0.2) is 68.7 Å². The predicted octanol–water partition coefficient (Wildman–Crippen LogP) is 1.54. The van der Waals surface area contributed by atoms with Gasteiger partial charge in [-0.25, -0.2) is 4.79 Å². The van der Waals surface area contributed by atoms with Gasteiger partial charge in [-0.3, -0.25) is 38.4 Å². The van der Waals surface area contributed by atoms with Crippen molar-refractivity contribution in [3.63, 3.8) is 0 Å². The van der Waals surface area contributed by atoms with Crippen molar-refractivity contribution < 1.29 is 24.0 Å². The zero-order chi connectivity index (χ0) is 33.7. The zero-order valence-electron chi connectivity index (χ0n) is 27.4. The van der Waals surface area contributed by atoms with Gasteiger partial charge in [0.2, 0.25) is 29.5 Å². The van der Waals surface area contributed by atoms with E-state index in [2.05, 4.69) is 10.6 Å². The van der Waals surface area contributed by atoms with Crippen LogP contribution in [0.25, 0.3) is 11.0 Å². The van der Waals surface area contributed by atoms with E-state index in [0.29, 0.717) is 30.9 Å². The standard InChI is InChI=1S/C34H49N7O6/c1-39-27-20-22(10-12-25(27)41(34(39)47)26-13-15-29(43)37-32(26)45)7-5-6-21-16-18-40(19-17-21)33(46)30(23-8-3-2-4-9-23)38-31(44)24(35)11-14-28(36)42/h10,12,20-21,23-24,26,30H,2-9,11,13-19,35H2,1H3,(H2,36,42)(H,38,44)(H,37,43,45)/t24-,26?,30-/m0/s1. The lowest BCUT2D eigenvalue weighted by Crippen LogP contribution is -2.57. The smallest absolute Gasteiger partial charge is 0.329 e. The number of carbonyl (C=O) groups is 5. The van der Waals surface area contributed by atoms with Gasteiger partial charge in [0.1, 0.15) is 12.1 Å². The van der Waals surface area contributed by atoms with Crippen LogP contribution >= 0.6 is 0 Å². The topological polar surface area (TPSA) is 192 Å². The number of rotatable bonds is 12. The minimum Gasteiger partial charge on any atom is -0.370 e. The van der Waals surface area contributed by atoms with E-state index in [1.807, 2.05) is 23.1 Å². The van der Waals surface area contributed by atoms with Crippen LogP contribution in [0.15, 0.2) is 23.0 Å². The number of likely N-dealkylation sites (tertiary alicyclic amines) is 1. The summed E-state index contributed by atoms with van der Waals surface area (Å²) in [4.78, 5) is 76.9. The van der Waals surface area contributed by atoms with Crippen molar-refractivity contribution in [1.82, 2.24) is 24.7 Å². The summed E-state index contributed by atoms with van der Waals surface area (Å²) in [6.07, 6.45) is 10.3. The Balaban J connectivity index is 1.14. The molecule has 0 bridgehead atoms. The molecule has 1 aromatic heterocycles. The number of piperidine rings is 2. The molecule has 1 saturated carbocycles. The summed E-state index contributed by atoms with van der Waals surface area (Å²) in [5.41, 5.74) is 13.5. The van der Waals surface area contributed by atoms with Crippen LogP contribution < -0.4 is 27.8 Å². The third-order valence-corrected chi connectivity index (χ3v) is 10.4. The Hall–Kier alpha value is -4.00. The van der Waals surface area contributed by atoms with E-state index in [1.165, 1.54) is 4.57 Å². The number of imide groups is 1. The number of amides is 5. The average Bonchev–Trinajstić information content (AvgIpc) is 3.31. The molecule has 2 aromatic rings. The molecule has 3 fully saturated rings. The molecule has 1 aliphatic carbocycles. The summed E-state index contributed by atoms with van der Waals surface area (Å²) in [5, 5.41) is 5.30. The maximum Gasteiger partial charge on any atom is 0.329 e. The molecule has 2 saturated heterocycles. The van der Waals surface area contributed by atoms with Crippen molar-refractivity contribution in [2.45, 2.75) is 108 Å². The van der Waals surface area contributed by atoms with Gasteiger partial charge in [-0.05, 0) is 87.3 Å². The Morgan fingerprint density at radius 1 is 1.00 bits per heavy atom. The summed E-state index contributed by atoms with van der Waals surface area (Å²) < 4.78 is 3.06. The number of primary amides is 1. The predicted molar refractivity (Wildman–Crippen MR) is 176 cm³/mol. The molecule has 1 aromatic carbocycles. The summed E-state index contributed by atoms with van der Waals surface area (Å²) in [5.74, 6) is -1.13. The number of fused-ring (bicyclic) bond motifs is 1. The van der Waals surface area contributed by atoms with Crippen molar-refractivity contribution >= 4 is 40.6 Å². The molecule has 0 spiro atoms. The normalized spacial score (nSPS) is 21.0. The van der Waals surface area contributed by atoms with Crippen molar-refractivity contribution in [1.29, 1.82) is 0 Å². The van der Waals surface area contributed by atoms with Gasteiger partial charge in [0.25, 0.3) is 0 Å². The Morgan fingerprint density at radius 3 is 2.40 bits per heavy atom. The number of hydrogen-bond donors (Lipinski definition) is 4. The lowest BCUT2D eigenvalue weighted by atomic mass is 9.82. The molecule has 1 unspecified atom stereocenters. The second-order valence-electron chi connectivity index (χ2n) is 13.7. The van der Waals surface area contributed by atoms with E-state index >= 15 is 0 Å². The molecule has 3 atom stereocenters. The van der Waals surface area contributed by atoms with Gasteiger partial charge < -0.3 is 21.7 Å². The molecule has 0 radical (unpaired) electrons. The maximum absolute atomic E-state index is 13.8. The monoisotopic (exact) mass is 651 g/mol. The van der Waals surface area contributed by atoms with Crippen LogP contribution in [0.1, 0.15) is 95.1 Å². The van der Waals surface area contributed by atoms with E-state index in [-0.39, 0.29) is 42.7 Å². The minimum atomic E-state index is -0.886. The SMILES string of the molecule is Cn1c(=O)n(C2CCC(=O)NC2=O)c2ccc(CCCC3CCN(C(=O)[C@@H](NC(=O)[C@@H](N)CCC(N)=O)C4CCCCC4)CC3)cc21. The van der Waals surface area contributed by atoms with Crippen LogP contribution in [-0.2, 0) is 37.4 Å². The number of nitrogens with two attached hydrogens (primary N) is 2. The van der Waals surface area contributed by atoms with Gasteiger partial charge >= 0.3 is 5.69 Å². The van der Waals surface area contributed by atoms with Gasteiger partial charge in [0, 0.05) is 33.0 Å².